The summed E-state index contributed by atoms with van der Waals surface area (Å²) in [6, 6.07) is 12.6. The van der Waals surface area contributed by atoms with Crippen molar-refractivity contribution in [2.75, 3.05) is 0 Å². The Morgan fingerprint density at radius 3 is 2.28 bits per heavy atom. The molecule has 0 spiro atoms. The number of hydrogen-bond donors (Lipinski definition) is 1. The Balaban J connectivity index is 2.02. The second kappa shape index (κ2) is 10.4. The van der Waals surface area contributed by atoms with E-state index in [1.165, 1.54) is 30.6 Å². The van der Waals surface area contributed by atoms with Gasteiger partial charge in [-0.15, -0.1) is 0 Å². The van der Waals surface area contributed by atoms with Gasteiger partial charge in [-0.05, 0) is 59.2 Å². The van der Waals surface area contributed by atoms with E-state index < -0.39 is 12.1 Å². The Hall–Kier alpha value is -3.16. The average molecular weight is 477 g/mol. The molecule has 1 unspecified atom stereocenters. The average Bonchev–Trinajstić information content (AvgIpc) is 2.74. The number of pyridine rings is 1. The molecule has 0 bridgehead atoms. The quantitative estimate of drug-likeness (QED) is 0.305. The number of allylic oxidation sites excluding steroid dienone is 1. The summed E-state index contributed by atoms with van der Waals surface area (Å²) in [5, 5.41) is 0.273. The van der Waals surface area contributed by atoms with Crippen molar-refractivity contribution < 1.29 is 13.2 Å². The van der Waals surface area contributed by atoms with Crippen molar-refractivity contribution in [2.24, 2.45) is 15.7 Å². The number of aliphatic imine (C=N–C) groups is 2. The molecule has 0 radical (unpaired) electrons. The summed E-state index contributed by atoms with van der Waals surface area (Å²) >= 11 is 11.8. The lowest BCUT2D eigenvalue weighted by Crippen LogP contribution is -2.18. The Labute approximate surface area is 192 Å². The van der Waals surface area contributed by atoms with Gasteiger partial charge >= 0.3 is 6.18 Å². The Bertz CT molecular complexity index is 1140. The van der Waals surface area contributed by atoms with Crippen molar-refractivity contribution >= 4 is 47.6 Å². The topological polar surface area (TPSA) is 63.6 Å². The number of rotatable bonds is 6. The lowest BCUT2D eigenvalue weighted by Gasteiger charge is -2.18. The molecule has 0 saturated heterocycles. The van der Waals surface area contributed by atoms with Gasteiger partial charge in [0.1, 0.15) is 6.34 Å². The van der Waals surface area contributed by atoms with Gasteiger partial charge in [0.15, 0.2) is 0 Å². The molecule has 0 amide bonds. The summed E-state index contributed by atoms with van der Waals surface area (Å²) in [5.74, 6) is -1.88. The molecule has 3 aromatic rings. The highest BCUT2D eigenvalue weighted by Gasteiger charge is 2.39. The molecule has 1 heterocycles. The van der Waals surface area contributed by atoms with Crippen LogP contribution >= 0.6 is 23.2 Å². The van der Waals surface area contributed by atoms with Crippen LogP contribution in [0.3, 0.4) is 0 Å². The molecule has 0 aliphatic rings. The van der Waals surface area contributed by atoms with E-state index in [4.69, 9.17) is 28.9 Å². The van der Waals surface area contributed by atoms with Gasteiger partial charge < -0.3 is 5.73 Å². The smallest absolute Gasteiger partial charge is 0.390 e. The van der Waals surface area contributed by atoms with Crippen molar-refractivity contribution in [3.05, 3.63) is 88.2 Å². The summed E-state index contributed by atoms with van der Waals surface area (Å²) in [6.45, 7) is 0. The Morgan fingerprint density at radius 2 is 1.66 bits per heavy atom. The first-order chi connectivity index (χ1) is 15.3. The standard InChI is InChI=1S/C23H17Cl2F3N4/c24-18-10-17(11-19(25)12-18)21(23(26,27)28)3-1-15-2-4-22(32-14-31-13-29)20(9-15)16-5-7-30-8-6-16/h1-14,21H,(H2,29,31,32)/b3-1+. The lowest BCUT2D eigenvalue weighted by atomic mass is 9.96. The van der Waals surface area contributed by atoms with Crippen molar-refractivity contribution in [1.29, 1.82) is 0 Å². The van der Waals surface area contributed by atoms with Crippen molar-refractivity contribution in [3.8, 4) is 11.1 Å². The van der Waals surface area contributed by atoms with Crippen molar-refractivity contribution in [2.45, 2.75) is 12.1 Å². The molecule has 32 heavy (non-hydrogen) atoms. The second-order valence-corrected chi connectivity index (χ2v) is 7.51. The van der Waals surface area contributed by atoms with Gasteiger partial charge in [-0.1, -0.05) is 41.4 Å². The zero-order valence-corrected chi connectivity index (χ0v) is 18.0. The van der Waals surface area contributed by atoms with Crippen LogP contribution in [0.25, 0.3) is 17.2 Å². The minimum Gasteiger partial charge on any atom is -0.390 e. The zero-order chi connectivity index (χ0) is 23.1. The van der Waals surface area contributed by atoms with E-state index in [-0.39, 0.29) is 15.6 Å². The van der Waals surface area contributed by atoms with Gasteiger partial charge in [0, 0.05) is 28.0 Å². The van der Waals surface area contributed by atoms with Gasteiger partial charge in [-0.25, -0.2) is 9.98 Å². The summed E-state index contributed by atoms with van der Waals surface area (Å²) in [5.41, 5.74) is 7.82. The highest BCUT2D eigenvalue weighted by Crippen LogP contribution is 2.39. The fourth-order valence-corrected chi connectivity index (χ4v) is 3.58. The molecule has 4 nitrogen and oxygen atoms in total. The predicted molar refractivity (Wildman–Crippen MR) is 125 cm³/mol. The number of benzene rings is 2. The van der Waals surface area contributed by atoms with E-state index in [0.29, 0.717) is 16.8 Å². The van der Waals surface area contributed by atoms with Crippen molar-refractivity contribution in [1.82, 2.24) is 4.98 Å². The first-order valence-electron chi connectivity index (χ1n) is 9.29. The molecule has 0 aliphatic carbocycles. The highest BCUT2D eigenvalue weighted by atomic mass is 35.5. The van der Waals surface area contributed by atoms with E-state index in [9.17, 15) is 13.2 Å². The molecule has 1 atom stereocenters. The third-order valence-corrected chi connectivity index (χ3v) is 4.88. The van der Waals surface area contributed by atoms with E-state index in [1.807, 2.05) is 0 Å². The Morgan fingerprint density at radius 1 is 0.969 bits per heavy atom. The molecule has 3 rings (SSSR count). The van der Waals surface area contributed by atoms with Crippen LogP contribution in [0, 0.1) is 0 Å². The molecular formula is C23H17Cl2F3N4. The minimum atomic E-state index is -4.52. The van der Waals surface area contributed by atoms with Crippen molar-refractivity contribution in [3.63, 3.8) is 0 Å². The number of nitrogens with zero attached hydrogens (tertiary/aromatic N) is 3. The normalized spacial score (nSPS) is 13.4. The first kappa shape index (κ1) is 23.5. The first-order valence-corrected chi connectivity index (χ1v) is 10.0. The van der Waals surface area contributed by atoms with Crippen LogP contribution in [-0.4, -0.2) is 23.8 Å². The molecule has 0 aliphatic heterocycles. The third-order valence-electron chi connectivity index (χ3n) is 4.44. The van der Waals surface area contributed by atoms with Gasteiger partial charge in [-0.2, -0.15) is 13.2 Å². The molecule has 9 heteroatoms. The van der Waals surface area contributed by atoms with E-state index in [2.05, 4.69) is 15.0 Å². The summed E-state index contributed by atoms with van der Waals surface area (Å²) < 4.78 is 41.3. The third kappa shape index (κ3) is 6.18. The minimum absolute atomic E-state index is 0.0403. The largest absolute Gasteiger partial charge is 0.399 e. The fraction of sp³-hybridized carbons (Fsp3) is 0.0870. The highest BCUT2D eigenvalue weighted by molar-refractivity contribution is 6.34. The summed E-state index contributed by atoms with van der Waals surface area (Å²) in [4.78, 5) is 12.0. The second-order valence-electron chi connectivity index (χ2n) is 6.64. The molecule has 2 N–H and O–H groups in total. The SMILES string of the molecule is NC=NC=Nc1ccc(/C=C/C(c2cc(Cl)cc(Cl)c2)C(F)(F)F)cc1-c1ccncc1. The van der Waals surface area contributed by atoms with Gasteiger partial charge in [0.05, 0.1) is 17.9 Å². The van der Waals surface area contributed by atoms with Crippen LogP contribution < -0.4 is 5.73 Å². The summed E-state index contributed by atoms with van der Waals surface area (Å²) in [6.07, 6.45) is 3.59. The predicted octanol–water partition coefficient (Wildman–Crippen LogP) is 7.06. The van der Waals surface area contributed by atoms with Crippen LogP contribution in [0.5, 0.6) is 0 Å². The van der Waals surface area contributed by atoms with E-state index in [1.54, 1.807) is 42.7 Å². The number of hydrogen-bond acceptors (Lipinski definition) is 2. The number of aromatic nitrogens is 1. The zero-order valence-electron chi connectivity index (χ0n) is 16.5. The maximum atomic E-state index is 13.8. The maximum Gasteiger partial charge on any atom is 0.399 e. The number of nitrogens with two attached hydrogens (primary N) is 1. The van der Waals surface area contributed by atoms with Crippen LogP contribution in [0.2, 0.25) is 10.0 Å². The van der Waals surface area contributed by atoms with E-state index in [0.717, 1.165) is 18.0 Å². The summed E-state index contributed by atoms with van der Waals surface area (Å²) in [7, 11) is 0. The molecule has 0 saturated carbocycles. The number of alkyl halides is 3. The lowest BCUT2D eigenvalue weighted by molar-refractivity contribution is -0.139. The van der Waals surface area contributed by atoms with E-state index >= 15 is 0 Å². The molecular weight excluding hydrogens is 460 g/mol. The number of halogens is 5. The molecule has 0 fully saturated rings. The van der Waals surface area contributed by atoms with Crippen LogP contribution in [0.1, 0.15) is 17.0 Å². The Kier molecular flexibility index (Phi) is 7.66. The monoisotopic (exact) mass is 476 g/mol. The van der Waals surface area contributed by atoms with Crippen LogP contribution in [0.15, 0.2) is 77.0 Å². The van der Waals surface area contributed by atoms with Gasteiger partial charge in [0.25, 0.3) is 0 Å². The molecule has 164 valence electrons. The molecule has 2 aromatic carbocycles. The van der Waals surface area contributed by atoms with Gasteiger partial charge in [0.2, 0.25) is 0 Å². The van der Waals surface area contributed by atoms with Crippen LogP contribution in [0.4, 0.5) is 18.9 Å². The maximum absolute atomic E-state index is 13.8. The molecule has 1 aromatic heterocycles. The van der Waals surface area contributed by atoms with Crippen LogP contribution in [-0.2, 0) is 0 Å². The fourth-order valence-electron chi connectivity index (χ4n) is 3.04. The van der Waals surface area contributed by atoms with Gasteiger partial charge in [-0.3, -0.25) is 4.98 Å².